The van der Waals surface area contributed by atoms with Crippen molar-refractivity contribution in [2.24, 2.45) is 0 Å². The molecule has 13 heavy (non-hydrogen) atoms. The number of carbonyl (C=O) groups is 1. The molecule has 0 aliphatic carbocycles. The number of thiocarbonyl (C=S) groups is 1. The maximum atomic E-state index is 10.5. The summed E-state index contributed by atoms with van der Waals surface area (Å²) >= 11 is 8.58. The van der Waals surface area contributed by atoms with Gasteiger partial charge < -0.3 is 5.32 Å². The summed E-state index contributed by atoms with van der Waals surface area (Å²) < 4.78 is 0.494. The molecule has 0 saturated carbocycles. The van der Waals surface area contributed by atoms with Gasteiger partial charge >= 0.3 is 0 Å². The number of thiol groups is 1. The molecule has 0 aromatic rings. The lowest BCUT2D eigenvalue weighted by atomic mass is 10.2. The summed E-state index contributed by atoms with van der Waals surface area (Å²) in [6.45, 7) is 0.781. The summed E-state index contributed by atoms with van der Waals surface area (Å²) in [5, 5.41) is 11.1. The van der Waals surface area contributed by atoms with Crippen LogP contribution >= 0.6 is 24.8 Å². The molecule has 3 N–H and O–H groups in total. The van der Waals surface area contributed by atoms with E-state index in [0.717, 1.165) is 25.8 Å². The van der Waals surface area contributed by atoms with Crippen LogP contribution < -0.4 is 10.8 Å². The molecule has 0 unspecified atom stereocenters. The third-order valence-corrected chi connectivity index (χ3v) is 1.78. The lowest BCUT2D eigenvalue weighted by molar-refractivity contribution is -0.129. The molecular formula is C7H14N2O2S2. The van der Waals surface area contributed by atoms with Crippen LogP contribution in [-0.2, 0) is 4.79 Å². The average Bonchev–Trinajstić information content (AvgIpc) is 2.10. The van der Waals surface area contributed by atoms with E-state index in [0.29, 0.717) is 10.7 Å². The standard InChI is InChI=1S/C7H14N2O2S2/c10-6(9-11)4-2-1-3-5-8-7(12)13/h11H,1-5H2,(H,9,10)(H2,8,12,13). The van der Waals surface area contributed by atoms with Crippen molar-refractivity contribution < 1.29 is 10.0 Å². The van der Waals surface area contributed by atoms with Gasteiger partial charge in [-0.1, -0.05) is 18.6 Å². The van der Waals surface area contributed by atoms with Crippen LogP contribution in [0, 0.1) is 0 Å². The van der Waals surface area contributed by atoms with E-state index in [4.69, 9.17) is 5.21 Å². The van der Waals surface area contributed by atoms with E-state index < -0.39 is 0 Å². The van der Waals surface area contributed by atoms with Gasteiger partial charge in [0.15, 0.2) is 0 Å². The van der Waals surface area contributed by atoms with Crippen molar-refractivity contribution in [1.82, 2.24) is 10.8 Å². The lowest BCUT2D eigenvalue weighted by Crippen LogP contribution is -2.19. The lowest BCUT2D eigenvalue weighted by Gasteiger charge is -2.02. The fourth-order valence-electron chi connectivity index (χ4n) is 0.839. The van der Waals surface area contributed by atoms with E-state index >= 15 is 0 Å². The molecule has 6 heteroatoms. The van der Waals surface area contributed by atoms with Crippen molar-refractivity contribution in [3.05, 3.63) is 0 Å². The number of amides is 1. The number of carbonyl (C=O) groups excluding carboxylic acids is 1. The molecule has 0 aromatic heterocycles. The Balaban J connectivity index is 3.08. The smallest absolute Gasteiger partial charge is 0.243 e. The van der Waals surface area contributed by atoms with Crippen molar-refractivity contribution in [3.63, 3.8) is 0 Å². The van der Waals surface area contributed by atoms with Crippen LogP contribution in [-0.4, -0.2) is 22.0 Å². The molecule has 4 nitrogen and oxygen atoms in total. The second kappa shape index (κ2) is 8.28. The zero-order valence-electron chi connectivity index (χ0n) is 7.25. The van der Waals surface area contributed by atoms with Gasteiger partial charge in [-0.15, -0.1) is 12.6 Å². The van der Waals surface area contributed by atoms with E-state index in [2.05, 4.69) is 30.2 Å². The predicted octanol–water partition coefficient (Wildman–Crippen LogP) is 0.857. The van der Waals surface area contributed by atoms with Crippen LogP contribution in [0.4, 0.5) is 0 Å². The SMILES string of the molecule is O=C(CCCCCNC(=S)S)NO. The molecule has 76 valence electrons. The number of hydroxylamine groups is 1. The Morgan fingerprint density at radius 2 is 2.08 bits per heavy atom. The highest BCUT2D eigenvalue weighted by atomic mass is 32.1. The molecule has 0 spiro atoms. The Morgan fingerprint density at radius 3 is 2.62 bits per heavy atom. The quantitative estimate of drug-likeness (QED) is 0.177. The Hall–Kier alpha value is -0.330. The molecular weight excluding hydrogens is 208 g/mol. The van der Waals surface area contributed by atoms with Crippen molar-refractivity contribution in [2.75, 3.05) is 6.54 Å². The fourth-order valence-corrected chi connectivity index (χ4v) is 1.05. The normalized spacial score (nSPS) is 9.38. The monoisotopic (exact) mass is 222 g/mol. The third-order valence-electron chi connectivity index (χ3n) is 1.48. The summed E-state index contributed by atoms with van der Waals surface area (Å²) in [4.78, 5) is 10.5. The molecule has 0 atom stereocenters. The second-order valence-corrected chi connectivity index (χ2v) is 3.74. The molecule has 0 aliphatic heterocycles. The molecule has 0 heterocycles. The number of hydrogen-bond donors (Lipinski definition) is 4. The van der Waals surface area contributed by atoms with Gasteiger partial charge in [0, 0.05) is 13.0 Å². The maximum Gasteiger partial charge on any atom is 0.243 e. The minimum atomic E-state index is -0.335. The minimum Gasteiger partial charge on any atom is -0.371 e. The molecule has 0 fully saturated rings. The number of unbranched alkanes of at least 4 members (excludes halogenated alkanes) is 2. The largest absolute Gasteiger partial charge is 0.371 e. The maximum absolute atomic E-state index is 10.5. The van der Waals surface area contributed by atoms with Gasteiger partial charge in [0.05, 0.1) is 0 Å². The summed E-state index contributed by atoms with van der Waals surface area (Å²) in [5.41, 5.74) is 1.59. The van der Waals surface area contributed by atoms with E-state index in [1.807, 2.05) is 0 Å². The zero-order valence-corrected chi connectivity index (χ0v) is 8.96. The zero-order chi connectivity index (χ0) is 10.1. The molecule has 0 aromatic carbocycles. The van der Waals surface area contributed by atoms with E-state index in [1.54, 1.807) is 5.48 Å². The molecule has 0 rings (SSSR count). The Bertz CT molecular complexity index is 176. The highest BCUT2D eigenvalue weighted by Crippen LogP contribution is 1.98. The number of rotatable bonds is 6. The van der Waals surface area contributed by atoms with Crippen molar-refractivity contribution in [3.8, 4) is 0 Å². The van der Waals surface area contributed by atoms with E-state index in [9.17, 15) is 4.79 Å². The van der Waals surface area contributed by atoms with Crippen LogP contribution in [0.2, 0.25) is 0 Å². The van der Waals surface area contributed by atoms with Crippen LogP contribution in [0.1, 0.15) is 25.7 Å². The van der Waals surface area contributed by atoms with Gasteiger partial charge in [-0.2, -0.15) is 0 Å². The summed E-state index contributed by atoms with van der Waals surface area (Å²) in [6.07, 6.45) is 3.01. The predicted molar refractivity (Wildman–Crippen MR) is 58.0 cm³/mol. The first kappa shape index (κ1) is 12.7. The summed E-state index contributed by atoms with van der Waals surface area (Å²) in [7, 11) is 0. The van der Waals surface area contributed by atoms with Crippen LogP contribution in [0.15, 0.2) is 0 Å². The average molecular weight is 222 g/mol. The number of nitrogens with one attached hydrogen (secondary N) is 2. The summed E-state index contributed by atoms with van der Waals surface area (Å²) in [6, 6.07) is 0. The van der Waals surface area contributed by atoms with Crippen LogP contribution in [0.3, 0.4) is 0 Å². The van der Waals surface area contributed by atoms with Gasteiger partial charge in [0.2, 0.25) is 5.91 Å². The van der Waals surface area contributed by atoms with Gasteiger partial charge in [-0.3, -0.25) is 10.0 Å². The molecule has 0 saturated heterocycles. The van der Waals surface area contributed by atoms with Gasteiger partial charge in [-0.25, -0.2) is 5.48 Å². The Labute approximate surface area is 88.5 Å². The van der Waals surface area contributed by atoms with Gasteiger partial charge in [-0.05, 0) is 12.8 Å². The van der Waals surface area contributed by atoms with Crippen molar-refractivity contribution in [1.29, 1.82) is 0 Å². The fraction of sp³-hybridized carbons (Fsp3) is 0.714. The van der Waals surface area contributed by atoms with Crippen molar-refractivity contribution >= 4 is 35.1 Å². The highest BCUT2D eigenvalue weighted by Gasteiger charge is 1.97. The Kier molecular flexibility index (Phi) is 8.07. The Morgan fingerprint density at radius 1 is 1.38 bits per heavy atom. The van der Waals surface area contributed by atoms with Gasteiger partial charge in [0.25, 0.3) is 0 Å². The molecule has 1 amide bonds. The summed E-state index contributed by atoms with van der Waals surface area (Å²) in [5.74, 6) is -0.335. The van der Waals surface area contributed by atoms with Gasteiger partial charge in [0.1, 0.15) is 4.32 Å². The van der Waals surface area contributed by atoms with Crippen LogP contribution in [0.25, 0.3) is 0 Å². The number of hydrogen-bond acceptors (Lipinski definition) is 3. The molecule has 0 radical (unpaired) electrons. The first-order valence-corrected chi connectivity index (χ1v) is 4.92. The molecule has 0 aliphatic rings. The van der Waals surface area contributed by atoms with Crippen LogP contribution in [0.5, 0.6) is 0 Å². The van der Waals surface area contributed by atoms with Crippen molar-refractivity contribution in [2.45, 2.75) is 25.7 Å². The first-order chi connectivity index (χ1) is 6.16. The van der Waals surface area contributed by atoms with E-state index in [-0.39, 0.29) is 5.91 Å². The molecule has 0 bridgehead atoms. The second-order valence-electron chi connectivity index (χ2n) is 2.58. The third kappa shape index (κ3) is 9.59. The highest BCUT2D eigenvalue weighted by molar-refractivity contribution is 8.11. The topological polar surface area (TPSA) is 61.4 Å². The minimum absolute atomic E-state index is 0.335. The van der Waals surface area contributed by atoms with E-state index in [1.165, 1.54) is 0 Å². The first-order valence-electron chi connectivity index (χ1n) is 4.06.